The number of anilines is 1. The summed E-state index contributed by atoms with van der Waals surface area (Å²) in [5, 5.41) is 15.4. The molecule has 1 N–H and O–H groups in total. The normalized spacial score (nSPS) is 11.7. The Morgan fingerprint density at radius 2 is 2.06 bits per heavy atom. The molecule has 0 aliphatic carbocycles. The molecular formula is C20H21N5O3S3. The van der Waals surface area contributed by atoms with Gasteiger partial charge in [-0.25, -0.2) is 4.98 Å². The van der Waals surface area contributed by atoms with Crippen LogP contribution in [0.1, 0.15) is 45.5 Å². The second kappa shape index (κ2) is 8.93. The van der Waals surface area contributed by atoms with E-state index >= 15 is 0 Å². The molecule has 0 aliphatic rings. The third kappa shape index (κ3) is 4.43. The molecular weight excluding hydrogens is 454 g/mol. The number of nitrogens with one attached hydrogen (secondary N) is 1. The maximum absolute atomic E-state index is 13.4. The number of fused-ring (bicyclic) bond motifs is 1. The first-order chi connectivity index (χ1) is 14.8. The molecule has 0 radical (unpaired) electrons. The Balaban J connectivity index is 1.59. The molecule has 0 saturated carbocycles. The number of amides is 1. The fraction of sp³-hybridized carbons (Fsp3) is 0.350. The van der Waals surface area contributed by atoms with E-state index in [1.165, 1.54) is 23.1 Å². The van der Waals surface area contributed by atoms with Crippen LogP contribution >= 0.6 is 34.4 Å². The number of nitrogens with zero attached hydrogens (tertiary/aromatic N) is 4. The number of hydrogen-bond donors (Lipinski definition) is 1. The van der Waals surface area contributed by atoms with Crippen LogP contribution in [0.5, 0.6) is 0 Å². The monoisotopic (exact) mass is 475 g/mol. The van der Waals surface area contributed by atoms with Crippen LogP contribution in [0.3, 0.4) is 0 Å². The van der Waals surface area contributed by atoms with Gasteiger partial charge < -0.3 is 4.42 Å². The van der Waals surface area contributed by atoms with Crippen LogP contribution in [0.25, 0.3) is 20.7 Å². The van der Waals surface area contributed by atoms with Gasteiger partial charge in [-0.3, -0.25) is 19.5 Å². The minimum atomic E-state index is -0.306. The second-order valence-corrected chi connectivity index (χ2v) is 10.2. The molecule has 8 nitrogen and oxygen atoms in total. The largest absolute Gasteiger partial charge is 0.408 e. The number of carbonyl (C=O) groups is 1. The molecule has 0 spiro atoms. The van der Waals surface area contributed by atoms with E-state index in [0.29, 0.717) is 21.3 Å². The van der Waals surface area contributed by atoms with Crippen molar-refractivity contribution in [2.75, 3.05) is 11.1 Å². The first-order valence-electron chi connectivity index (χ1n) is 9.68. The van der Waals surface area contributed by atoms with Crippen molar-refractivity contribution in [2.45, 2.75) is 44.8 Å². The molecule has 31 heavy (non-hydrogen) atoms. The summed E-state index contributed by atoms with van der Waals surface area (Å²) in [7, 11) is 0. The third-order valence-electron chi connectivity index (χ3n) is 4.42. The highest BCUT2D eigenvalue weighted by Gasteiger charge is 2.20. The van der Waals surface area contributed by atoms with E-state index in [1.54, 1.807) is 15.9 Å². The molecule has 4 heterocycles. The molecule has 11 heteroatoms. The maximum Gasteiger partial charge on any atom is 0.322 e. The van der Waals surface area contributed by atoms with E-state index in [-0.39, 0.29) is 35.2 Å². The lowest BCUT2D eigenvalue weighted by atomic mass is 10.2. The van der Waals surface area contributed by atoms with Crippen LogP contribution < -0.4 is 10.9 Å². The highest BCUT2D eigenvalue weighted by molar-refractivity contribution is 7.99. The smallest absolute Gasteiger partial charge is 0.322 e. The summed E-state index contributed by atoms with van der Waals surface area (Å²) < 4.78 is 7.06. The first kappa shape index (κ1) is 21.7. The number of thiophene rings is 2. The van der Waals surface area contributed by atoms with Crippen molar-refractivity contribution < 1.29 is 9.21 Å². The molecule has 0 unspecified atom stereocenters. The van der Waals surface area contributed by atoms with Crippen molar-refractivity contribution in [3.63, 3.8) is 0 Å². The van der Waals surface area contributed by atoms with Gasteiger partial charge in [-0.2, -0.15) is 0 Å². The molecule has 0 aliphatic heterocycles. The van der Waals surface area contributed by atoms with Gasteiger partial charge in [0.15, 0.2) is 5.16 Å². The van der Waals surface area contributed by atoms with Crippen molar-refractivity contribution in [1.82, 2.24) is 19.7 Å². The summed E-state index contributed by atoms with van der Waals surface area (Å²) in [6.07, 6.45) is 0. The van der Waals surface area contributed by atoms with Crippen LogP contribution in [0, 0.1) is 0 Å². The lowest BCUT2D eigenvalue weighted by molar-refractivity contribution is -0.113. The van der Waals surface area contributed by atoms with Crippen molar-refractivity contribution in [3.05, 3.63) is 39.1 Å². The molecule has 162 valence electrons. The number of carbonyl (C=O) groups excluding carboxylic acids is 1. The molecule has 0 fully saturated rings. The summed E-state index contributed by atoms with van der Waals surface area (Å²) in [5.41, 5.74) is 0.819. The van der Waals surface area contributed by atoms with Gasteiger partial charge in [0.05, 0.1) is 11.1 Å². The highest BCUT2D eigenvalue weighted by Crippen LogP contribution is 2.35. The standard InChI is InChI=1S/C20H21N5O3S3/c1-10(2)16-23-24-19(28-16)21-14(26)9-31-20-22-17-15(18(27)25(20)11(3)4)12(8-30-17)13-6-5-7-29-13/h5-8,10-11H,9H2,1-4H3,(H,21,24,26). The summed E-state index contributed by atoms with van der Waals surface area (Å²) >= 11 is 4.24. The molecule has 1 amide bonds. The number of aromatic nitrogens is 4. The van der Waals surface area contributed by atoms with E-state index in [0.717, 1.165) is 10.4 Å². The summed E-state index contributed by atoms with van der Waals surface area (Å²) in [6, 6.07) is 3.93. The average molecular weight is 476 g/mol. The first-order valence-corrected chi connectivity index (χ1v) is 12.4. The lowest BCUT2D eigenvalue weighted by Gasteiger charge is -2.15. The van der Waals surface area contributed by atoms with Crippen LogP contribution in [-0.2, 0) is 4.79 Å². The van der Waals surface area contributed by atoms with Gasteiger partial charge >= 0.3 is 6.01 Å². The van der Waals surface area contributed by atoms with Gasteiger partial charge in [0.25, 0.3) is 5.56 Å². The Bertz CT molecular complexity index is 1270. The fourth-order valence-electron chi connectivity index (χ4n) is 2.96. The molecule has 4 rings (SSSR count). The Morgan fingerprint density at radius 3 is 2.71 bits per heavy atom. The van der Waals surface area contributed by atoms with Gasteiger partial charge in [0, 0.05) is 27.8 Å². The quantitative estimate of drug-likeness (QED) is 0.296. The SMILES string of the molecule is CC(C)c1nnc(NC(=O)CSc2nc3scc(-c4cccs4)c3c(=O)n2C(C)C)o1. The van der Waals surface area contributed by atoms with E-state index in [1.807, 2.05) is 50.6 Å². The summed E-state index contributed by atoms with van der Waals surface area (Å²) in [4.78, 5) is 32.2. The number of rotatable bonds is 7. The molecule has 4 aromatic heterocycles. The van der Waals surface area contributed by atoms with E-state index < -0.39 is 0 Å². The van der Waals surface area contributed by atoms with E-state index in [4.69, 9.17) is 9.40 Å². The topological polar surface area (TPSA) is 103 Å². The number of thioether (sulfide) groups is 1. The minimum absolute atomic E-state index is 0.0627. The second-order valence-electron chi connectivity index (χ2n) is 7.41. The van der Waals surface area contributed by atoms with Gasteiger partial charge in [-0.15, -0.1) is 27.8 Å². The zero-order valence-electron chi connectivity index (χ0n) is 17.4. The Labute approximate surface area is 190 Å². The molecule has 0 aromatic carbocycles. The molecule has 0 bridgehead atoms. The molecule has 4 aromatic rings. The van der Waals surface area contributed by atoms with Gasteiger partial charge in [-0.05, 0) is 25.3 Å². The summed E-state index contributed by atoms with van der Waals surface area (Å²) in [6.45, 7) is 7.72. The zero-order chi connectivity index (χ0) is 22.1. The average Bonchev–Trinajstić information content (AvgIpc) is 3.46. The predicted molar refractivity (Wildman–Crippen MR) is 125 cm³/mol. The van der Waals surface area contributed by atoms with E-state index in [2.05, 4.69) is 15.5 Å². The van der Waals surface area contributed by atoms with Crippen LogP contribution in [-0.4, -0.2) is 31.4 Å². The summed E-state index contributed by atoms with van der Waals surface area (Å²) in [5.74, 6) is 0.295. The van der Waals surface area contributed by atoms with Gasteiger partial charge in [0.1, 0.15) is 4.83 Å². The van der Waals surface area contributed by atoms with Crippen LogP contribution in [0.2, 0.25) is 0 Å². The van der Waals surface area contributed by atoms with E-state index in [9.17, 15) is 9.59 Å². The Morgan fingerprint density at radius 1 is 1.26 bits per heavy atom. The maximum atomic E-state index is 13.4. The van der Waals surface area contributed by atoms with Crippen molar-refractivity contribution in [1.29, 1.82) is 0 Å². The zero-order valence-corrected chi connectivity index (χ0v) is 19.9. The molecule has 0 atom stereocenters. The van der Waals surface area contributed by atoms with Crippen LogP contribution in [0.15, 0.2) is 37.3 Å². The van der Waals surface area contributed by atoms with Crippen molar-refractivity contribution in [3.8, 4) is 10.4 Å². The fourth-order valence-corrected chi connectivity index (χ4v) is 5.69. The Kier molecular flexibility index (Phi) is 6.26. The minimum Gasteiger partial charge on any atom is -0.408 e. The lowest BCUT2D eigenvalue weighted by Crippen LogP contribution is -2.25. The van der Waals surface area contributed by atoms with Gasteiger partial charge in [-0.1, -0.05) is 36.8 Å². The third-order valence-corrected chi connectivity index (χ3v) is 7.15. The van der Waals surface area contributed by atoms with Crippen molar-refractivity contribution in [2.24, 2.45) is 0 Å². The van der Waals surface area contributed by atoms with Gasteiger partial charge in [0.2, 0.25) is 11.8 Å². The molecule has 0 saturated heterocycles. The number of hydrogen-bond acceptors (Lipinski definition) is 9. The Hall–Kier alpha value is -2.50. The highest BCUT2D eigenvalue weighted by atomic mass is 32.2. The van der Waals surface area contributed by atoms with Crippen LogP contribution in [0.4, 0.5) is 6.01 Å². The predicted octanol–water partition coefficient (Wildman–Crippen LogP) is 5.00. The van der Waals surface area contributed by atoms with Crippen molar-refractivity contribution >= 4 is 56.6 Å².